The van der Waals surface area contributed by atoms with Gasteiger partial charge in [-0.15, -0.1) is 0 Å². The van der Waals surface area contributed by atoms with Crippen LogP contribution in [-0.2, 0) is 11.0 Å². The molecule has 9 rings (SSSR count). The molecule has 1 fully saturated rings. The Hall–Kier alpha value is -6.01. The van der Waals surface area contributed by atoms with Crippen molar-refractivity contribution in [2.75, 3.05) is 27.4 Å². The van der Waals surface area contributed by atoms with Crippen molar-refractivity contribution in [2.24, 2.45) is 10.8 Å². The Morgan fingerprint density at radius 1 is 0.645 bits per heavy atom. The predicted molar refractivity (Wildman–Crippen MR) is 250 cm³/mol. The lowest BCUT2D eigenvalue weighted by atomic mass is 9.52. The molecule has 0 atom stereocenters. The molecule has 6 aromatic rings. The molecule has 0 saturated heterocycles. The fourth-order valence-corrected chi connectivity index (χ4v) is 11.6. The zero-order chi connectivity index (χ0) is 43.4. The van der Waals surface area contributed by atoms with Gasteiger partial charge in [-0.2, -0.15) is 0 Å². The molecule has 0 unspecified atom stereocenters. The standard InChI is InChI=1S/C56H58O6/c1-9-27-60-39-19-15-37(16-20-39)56(38-17-21-40(22-18-38)61-28-10-2)26-25-44-51-50(43-13-11-12-14-48(43)55(51)34-53(3,4)33-54(5,6)35-55)46-30-45(49(59-8)31-47(46)52(44)62-56)42-24-23-41(58-7)29-36(42)32-57/h11-26,29-32H,9-10,27-28,33-35H2,1-8H3. The fraction of sp³-hybridized carbons (Fsp3) is 0.339. The second-order valence-corrected chi connectivity index (χ2v) is 19.1. The maximum atomic E-state index is 12.7. The molecule has 0 N–H and O–H groups in total. The van der Waals surface area contributed by atoms with Crippen LogP contribution in [0.2, 0.25) is 0 Å². The van der Waals surface area contributed by atoms with Gasteiger partial charge in [0.25, 0.3) is 0 Å². The third-order valence-corrected chi connectivity index (χ3v) is 13.3. The van der Waals surface area contributed by atoms with Gasteiger partial charge >= 0.3 is 0 Å². The summed E-state index contributed by atoms with van der Waals surface area (Å²) in [5.74, 6) is 3.72. The van der Waals surface area contributed by atoms with Gasteiger partial charge < -0.3 is 23.7 Å². The predicted octanol–water partition coefficient (Wildman–Crippen LogP) is 13.8. The summed E-state index contributed by atoms with van der Waals surface area (Å²) in [5.41, 5.74) is 9.21. The lowest BCUT2D eigenvalue weighted by molar-refractivity contribution is 0.0641. The van der Waals surface area contributed by atoms with Crippen molar-refractivity contribution in [1.82, 2.24) is 0 Å². The number of fused-ring (bicyclic) bond motifs is 10. The second-order valence-electron chi connectivity index (χ2n) is 19.1. The van der Waals surface area contributed by atoms with Gasteiger partial charge in [0.05, 0.1) is 27.4 Å². The normalized spacial score (nSPS) is 17.1. The Labute approximate surface area is 366 Å². The van der Waals surface area contributed by atoms with E-state index in [2.05, 4.69) is 114 Å². The van der Waals surface area contributed by atoms with Crippen LogP contribution in [-0.4, -0.2) is 33.7 Å². The fourth-order valence-electron chi connectivity index (χ4n) is 11.6. The van der Waals surface area contributed by atoms with Crippen LogP contribution in [0.25, 0.3) is 39.1 Å². The summed E-state index contributed by atoms with van der Waals surface area (Å²) in [6.45, 7) is 15.3. The molecule has 1 heterocycles. The number of aldehydes is 1. The van der Waals surface area contributed by atoms with Crippen molar-refractivity contribution in [2.45, 2.75) is 84.7 Å². The van der Waals surface area contributed by atoms with Crippen LogP contribution in [0, 0.1) is 10.8 Å². The van der Waals surface area contributed by atoms with Gasteiger partial charge in [0.2, 0.25) is 0 Å². The van der Waals surface area contributed by atoms with Crippen molar-refractivity contribution >= 4 is 23.1 Å². The number of rotatable bonds is 12. The molecule has 318 valence electrons. The van der Waals surface area contributed by atoms with E-state index in [0.29, 0.717) is 30.3 Å². The largest absolute Gasteiger partial charge is 0.497 e. The average molecular weight is 827 g/mol. The summed E-state index contributed by atoms with van der Waals surface area (Å²) in [6.07, 6.45) is 10.5. The summed E-state index contributed by atoms with van der Waals surface area (Å²) < 4.78 is 31.8. The number of carbonyl (C=O) groups is 1. The summed E-state index contributed by atoms with van der Waals surface area (Å²) >= 11 is 0. The molecule has 6 nitrogen and oxygen atoms in total. The molecule has 62 heavy (non-hydrogen) atoms. The SMILES string of the molecule is CCCOc1ccc(C2(c3ccc(OCCC)cc3)C=Cc3c4c(c5cc(-c6ccc(OC)cc6C=O)c(OC)cc5c3O2)-c2ccccc2C42CC(C)(C)CC(C)(C)C2)cc1. The van der Waals surface area contributed by atoms with E-state index in [1.165, 1.54) is 22.3 Å². The van der Waals surface area contributed by atoms with E-state index >= 15 is 0 Å². The quantitative estimate of drug-likeness (QED) is 0.115. The number of methoxy groups -OCH3 is 2. The summed E-state index contributed by atoms with van der Waals surface area (Å²) in [5, 5.41) is 2.00. The lowest BCUT2D eigenvalue weighted by Crippen LogP contribution is -2.44. The average Bonchev–Trinajstić information content (AvgIpc) is 3.54. The first-order chi connectivity index (χ1) is 29.9. The summed E-state index contributed by atoms with van der Waals surface area (Å²) in [7, 11) is 3.31. The minimum Gasteiger partial charge on any atom is -0.497 e. The highest BCUT2D eigenvalue weighted by Crippen LogP contribution is 2.67. The number of carbonyl (C=O) groups excluding carboxylic acids is 1. The van der Waals surface area contributed by atoms with E-state index < -0.39 is 5.60 Å². The first kappa shape index (κ1) is 41.3. The van der Waals surface area contributed by atoms with E-state index in [0.717, 1.165) is 94.2 Å². The molecule has 0 radical (unpaired) electrons. The maximum Gasteiger partial charge on any atom is 0.178 e. The van der Waals surface area contributed by atoms with Crippen LogP contribution in [0.4, 0.5) is 0 Å². The van der Waals surface area contributed by atoms with Crippen LogP contribution in [0.5, 0.6) is 28.7 Å². The molecule has 0 bridgehead atoms. The molecule has 1 spiro atoms. The van der Waals surface area contributed by atoms with Gasteiger partial charge in [-0.1, -0.05) is 96.1 Å². The van der Waals surface area contributed by atoms with Crippen molar-refractivity contribution in [3.8, 4) is 51.0 Å². The highest BCUT2D eigenvalue weighted by atomic mass is 16.5. The number of hydrogen-bond donors (Lipinski definition) is 0. The van der Waals surface area contributed by atoms with E-state index in [1.807, 2.05) is 36.4 Å². The maximum absolute atomic E-state index is 12.7. The highest BCUT2D eigenvalue weighted by Gasteiger charge is 2.55. The number of benzene rings is 6. The zero-order valence-electron chi connectivity index (χ0n) is 37.4. The van der Waals surface area contributed by atoms with Crippen molar-refractivity contribution in [1.29, 1.82) is 0 Å². The third-order valence-electron chi connectivity index (χ3n) is 13.3. The Morgan fingerprint density at radius 2 is 1.26 bits per heavy atom. The summed E-state index contributed by atoms with van der Waals surface area (Å²) in [6, 6.07) is 35.8. The van der Waals surface area contributed by atoms with E-state index in [4.69, 9.17) is 23.7 Å². The second kappa shape index (κ2) is 15.7. The molecule has 1 aliphatic heterocycles. The van der Waals surface area contributed by atoms with Crippen LogP contribution < -0.4 is 23.7 Å². The summed E-state index contributed by atoms with van der Waals surface area (Å²) in [4.78, 5) is 12.7. The van der Waals surface area contributed by atoms with Gasteiger partial charge in [0.15, 0.2) is 11.9 Å². The van der Waals surface area contributed by atoms with Crippen LogP contribution in [0.1, 0.15) is 112 Å². The topological polar surface area (TPSA) is 63.2 Å². The van der Waals surface area contributed by atoms with Gasteiger partial charge in [-0.3, -0.25) is 4.79 Å². The van der Waals surface area contributed by atoms with Crippen LogP contribution >= 0.6 is 0 Å². The van der Waals surface area contributed by atoms with E-state index in [1.54, 1.807) is 20.3 Å². The number of hydrogen-bond acceptors (Lipinski definition) is 6. The number of ether oxygens (including phenoxy) is 5. The van der Waals surface area contributed by atoms with Gasteiger partial charge in [0.1, 0.15) is 28.7 Å². The molecule has 0 aromatic heterocycles. The Balaban J connectivity index is 1.37. The molecule has 0 amide bonds. The lowest BCUT2D eigenvalue weighted by Gasteiger charge is -2.52. The smallest absolute Gasteiger partial charge is 0.178 e. The Morgan fingerprint density at radius 3 is 1.84 bits per heavy atom. The minimum atomic E-state index is -1.00. The van der Waals surface area contributed by atoms with Crippen molar-refractivity contribution in [3.63, 3.8) is 0 Å². The first-order valence-corrected chi connectivity index (χ1v) is 22.2. The molecule has 1 saturated carbocycles. The van der Waals surface area contributed by atoms with Crippen molar-refractivity contribution in [3.05, 3.63) is 143 Å². The highest BCUT2D eigenvalue weighted by molar-refractivity contribution is 6.11. The van der Waals surface area contributed by atoms with E-state index in [9.17, 15) is 4.79 Å². The van der Waals surface area contributed by atoms with Gasteiger partial charge in [-0.25, -0.2) is 0 Å². The molecule has 6 aromatic carbocycles. The zero-order valence-corrected chi connectivity index (χ0v) is 37.4. The molecular weight excluding hydrogens is 769 g/mol. The Bertz CT molecular complexity index is 2630. The molecular formula is C56H58O6. The van der Waals surface area contributed by atoms with Gasteiger partial charge in [0, 0.05) is 38.6 Å². The van der Waals surface area contributed by atoms with Crippen LogP contribution in [0.3, 0.4) is 0 Å². The minimum absolute atomic E-state index is 0.0670. The van der Waals surface area contributed by atoms with Crippen molar-refractivity contribution < 1.29 is 28.5 Å². The molecule has 6 heteroatoms. The molecule has 2 aliphatic carbocycles. The van der Waals surface area contributed by atoms with Crippen LogP contribution in [0.15, 0.2) is 109 Å². The monoisotopic (exact) mass is 826 g/mol. The Kier molecular flexibility index (Phi) is 10.5. The molecule has 3 aliphatic rings. The van der Waals surface area contributed by atoms with Gasteiger partial charge in [-0.05, 0) is 137 Å². The first-order valence-electron chi connectivity index (χ1n) is 22.2. The van der Waals surface area contributed by atoms with E-state index in [-0.39, 0.29) is 16.2 Å². The third kappa shape index (κ3) is 6.83.